The Bertz CT molecular complexity index is 1020. The van der Waals surface area contributed by atoms with Gasteiger partial charge in [-0.25, -0.2) is 17.5 Å². The number of aromatic nitrogens is 2. The maximum Gasteiger partial charge on any atom is 0.242 e. The number of sulfonamides is 1. The molecule has 2 aromatic carbocycles. The van der Waals surface area contributed by atoms with E-state index in [-0.39, 0.29) is 23.2 Å². The van der Waals surface area contributed by atoms with Crippen LogP contribution >= 0.6 is 11.6 Å². The van der Waals surface area contributed by atoms with E-state index in [2.05, 4.69) is 14.9 Å². The summed E-state index contributed by atoms with van der Waals surface area (Å²) in [4.78, 5) is 4.11. The summed E-state index contributed by atoms with van der Waals surface area (Å²) in [7, 11) is -3.84. The first kappa shape index (κ1) is 17.5. The molecule has 0 aliphatic heterocycles. The Morgan fingerprint density at radius 3 is 2.72 bits per heavy atom. The van der Waals surface area contributed by atoms with Gasteiger partial charge in [0, 0.05) is 5.56 Å². The van der Waals surface area contributed by atoms with Crippen LogP contribution in [0.5, 0.6) is 0 Å². The predicted molar refractivity (Wildman–Crippen MR) is 89.9 cm³/mol. The maximum atomic E-state index is 13.1. The van der Waals surface area contributed by atoms with Crippen LogP contribution < -0.4 is 4.72 Å². The van der Waals surface area contributed by atoms with E-state index in [0.29, 0.717) is 16.1 Å². The smallest absolute Gasteiger partial charge is 0.242 e. The van der Waals surface area contributed by atoms with Crippen LogP contribution in [0.25, 0.3) is 11.4 Å². The van der Waals surface area contributed by atoms with Gasteiger partial charge in [0.25, 0.3) is 0 Å². The third kappa shape index (κ3) is 3.87. The van der Waals surface area contributed by atoms with Crippen molar-refractivity contribution < 1.29 is 17.3 Å². The van der Waals surface area contributed by atoms with E-state index in [1.165, 1.54) is 13.0 Å². The number of halogens is 2. The van der Waals surface area contributed by atoms with E-state index < -0.39 is 15.8 Å². The second-order valence-electron chi connectivity index (χ2n) is 5.23. The van der Waals surface area contributed by atoms with E-state index in [1.54, 1.807) is 24.3 Å². The van der Waals surface area contributed by atoms with Crippen LogP contribution in [0.1, 0.15) is 11.5 Å². The molecule has 1 heterocycles. The first-order chi connectivity index (χ1) is 11.9. The van der Waals surface area contributed by atoms with Gasteiger partial charge in [-0.3, -0.25) is 0 Å². The zero-order valence-electron chi connectivity index (χ0n) is 13.0. The van der Waals surface area contributed by atoms with Crippen LogP contribution in [-0.2, 0) is 16.6 Å². The highest BCUT2D eigenvalue weighted by atomic mass is 35.5. The Hall–Kier alpha value is -2.29. The van der Waals surface area contributed by atoms with Crippen molar-refractivity contribution in [1.29, 1.82) is 0 Å². The molecule has 0 aliphatic carbocycles. The van der Waals surface area contributed by atoms with Crippen molar-refractivity contribution in [1.82, 2.24) is 14.9 Å². The first-order valence-corrected chi connectivity index (χ1v) is 9.06. The molecule has 0 atom stereocenters. The maximum absolute atomic E-state index is 13.1. The number of nitrogens with one attached hydrogen (secondary N) is 1. The van der Waals surface area contributed by atoms with Gasteiger partial charge in [0.15, 0.2) is 0 Å². The van der Waals surface area contributed by atoms with E-state index in [1.807, 2.05) is 0 Å². The number of nitrogens with zero attached hydrogens (tertiary/aromatic N) is 2. The molecule has 25 heavy (non-hydrogen) atoms. The van der Waals surface area contributed by atoms with Crippen molar-refractivity contribution in [3.8, 4) is 11.4 Å². The van der Waals surface area contributed by atoms with Crippen LogP contribution in [0.15, 0.2) is 51.9 Å². The minimum absolute atomic E-state index is 0.0141. The second kappa shape index (κ2) is 6.91. The van der Waals surface area contributed by atoms with Gasteiger partial charge >= 0.3 is 0 Å². The monoisotopic (exact) mass is 381 g/mol. The zero-order chi connectivity index (χ0) is 18.0. The molecular weight excluding hydrogens is 369 g/mol. The lowest BCUT2D eigenvalue weighted by Gasteiger charge is -2.07. The average molecular weight is 382 g/mol. The normalized spacial score (nSPS) is 11.6. The van der Waals surface area contributed by atoms with Gasteiger partial charge in [-0.2, -0.15) is 4.98 Å². The fraction of sp³-hybridized carbons (Fsp3) is 0.125. The van der Waals surface area contributed by atoms with Crippen LogP contribution in [0, 0.1) is 12.7 Å². The molecule has 0 aliphatic rings. The number of aryl methyl sites for hydroxylation is 1. The standard InChI is InChI=1S/C16H13ClFN3O3S/c1-10-8-11(18)6-7-14(10)25(22,23)19-9-15-20-16(21-24-15)12-4-2-3-5-13(12)17/h2-8,19H,9H2,1H3. The summed E-state index contributed by atoms with van der Waals surface area (Å²) in [6, 6.07) is 10.4. The topological polar surface area (TPSA) is 85.1 Å². The Kier molecular flexibility index (Phi) is 4.85. The highest BCUT2D eigenvalue weighted by Gasteiger charge is 2.19. The Balaban J connectivity index is 1.77. The van der Waals surface area contributed by atoms with Gasteiger partial charge < -0.3 is 4.52 Å². The lowest BCUT2D eigenvalue weighted by Crippen LogP contribution is -2.24. The first-order valence-electron chi connectivity index (χ1n) is 7.20. The quantitative estimate of drug-likeness (QED) is 0.732. The molecular formula is C16H13ClFN3O3S. The summed E-state index contributed by atoms with van der Waals surface area (Å²) in [6.45, 7) is 1.32. The molecule has 1 aromatic heterocycles. The number of hydrogen-bond donors (Lipinski definition) is 1. The van der Waals surface area contributed by atoms with Crippen LogP contribution in [0.4, 0.5) is 4.39 Å². The van der Waals surface area contributed by atoms with E-state index in [4.69, 9.17) is 16.1 Å². The summed E-state index contributed by atoms with van der Waals surface area (Å²) >= 11 is 6.06. The van der Waals surface area contributed by atoms with E-state index >= 15 is 0 Å². The molecule has 3 rings (SSSR count). The van der Waals surface area contributed by atoms with Crippen molar-refractivity contribution in [3.05, 3.63) is 64.8 Å². The van der Waals surface area contributed by atoms with Crippen molar-refractivity contribution in [2.75, 3.05) is 0 Å². The van der Waals surface area contributed by atoms with Gasteiger partial charge in [-0.1, -0.05) is 28.9 Å². The van der Waals surface area contributed by atoms with Crippen molar-refractivity contribution in [2.45, 2.75) is 18.4 Å². The molecule has 0 spiro atoms. The fourth-order valence-corrected chi connectivity index (χ4v) is 3.65. The third-order valence-corrected chi connectivity index (χ3v) is 5.31. The van der Waals surface area contributed by atoms with E-state index in [0.717, 1.165) is 12.1 Å². The average Bonchev–Trinajstić information content (AvgIpc) is 3.02. The largest absolute Gasteiger partial charge is 0.338 e. The summed E-state index contributed by atoms with van der Waals surface area (Å²) < 4.78 is 45.2. The molecule has 0 fully saturated rings. The molecule has 6 nitrogen and oxygen atoms in total. The minimum atomic E-state index is -3.84. The molecule has 3 aromatic rings. The Morgan fingerprint density at radius 1 is 1.24 bits per heavy atom. The van der Waals surface area contributed by atoms with Crippen molar-refractivity contribution >= 4 is 21.6 Å². The van der Waals surface area contributed by atoms with Gasteiger partial charge in [0.1, 0.15) is 5.82 Å². The predicted octanol–water partition coefficient (Wildman–Crippen LogP) is 3.32. The summed E-state index contributed by atoms with van der Waals surface area (Å²) in [5.74, 6) is -0.159. The highest BCUT2D eigenvalue weighted by molar-refractivity contribution is 7.89. The lowest BCUT2D eigenvalue weighted by molar-refractivity contribution is 0.376. The Labute approximate surface area is 148 Å². The minimum Gasteiger partial charge on any atom is -0.338 e. The second-order valence-corrected chi connectivity index (χ2v) is 7.37. The molecule has 0 saturated carbocycles. The van der Waals surface area contributed by atoms with Crippen molar-refractivity contribution in [3.63, 3.8) is 0 Å². The molecule has 0 amide bonds. The lowest BCUT2D eigenvalue weighted by atomic mass is 10.2. The number of hydrogen-bond acceptors (Lipinski definition) is 5. The molecule has 9 heteroatoms. The molecule has 0 bridgehead atoms. The van der Waals surface area contributed by atoms with E-state index in [9.17, 15) is 12.8 Å². The van der Waals surface area contributed by atoms with Gasteiger partial charge in [0.2, 0.25) is 21.7 Å². The molecule has 0 radical (unpaired) electrons. The summed E-state index contributed by atoms with van der Waals surface area (Å²) in [5.41, 5.74) is 0.881. The summed E-state index contributed by atoms with van der Waals surface area (Å²) in [6.07, 6.45) is 0. The fourth-order valence-electron chi connectivity index (χ4n) is 2.23. The highest BCUT2D eigenvalue weighted by Crippen LogP contribution is 2.25. The van der Waals surface area contributed by atoms with Crippen LogP contribution in [0.3, 0.4) is 0 Å². The third-order valence-electron chi connectivity index (χ3n) is 3.42. The van der Waals surface area contributed by atoms with Crippen LogP contribution in [0.2, 0.25) is 5.02 Å². The van der Waals surface area contributed by atoms with Crippen molar-refractivity contribution in [2.24, 2.45) is 0 Å². The van der Waals surface area contributed by atoms with Gasteiger partial charge in [-0.15, -0.1) is 0 Å². The SMILES string of the molecule is Cc1cc(F)ccc1S(=O)(=O)NCc1nc(-c2ccccc2Cl)no1. The van der Waals surface area contributed by atoms with Crippen LogP contribution in [-0.4, -0.2) is 18.6 Å². The van der Waals surface area contributed by atoms with Gasteiger partial charge in [-0.05, 0) is 42.8 Å². The number of rotatable bonds is 5. The molecule has 130 valence electrons. The number of benzene rings is 2. The molecule has 0 saturated heterocycles. The molecule has 1 N–H and O–H groups in total. The Morgan fingerprint density at radius 2 is 2.00 bits per heavy atom. The zero-order valence-corrected chi connectivity index (χ0v) is 14.6. The summed E-state index contributed by atoms with van der Waals surface area (Å²) in [5, 5.41) is 4.25. The van der Waals surface area contributed by atoms with Gasteiger partial charge in [0.05, 0.1) is 16.5 Å². The molecule has 0 unspecified atom stereocenters.